The molecular formula is C33H43N3O5S. The van der Waals surface area contributed by atoms with Gasteiger partial charge in [0.25, 0.3) is 0 Å². The Morgan fingerprint density at radius 3 is 2.24 bits per heavy atom. The lowest BCUT2D eigenvalue weighted by molar-refractivity contribution is 0.0569. The monoisotopic (exact) mass is 593 g/mol. The van der Waals surface area contributed by atoms with Gasteiger partial charge in [-0.15, -0.1) is 0 Å². The van der Waals surface area contributed by atoms with E-state index in [1.165, 1.54) is 16.7 Å². The van der Waals surface area contributed by atoms with E-state index in [2.05, 4.69) is 46.4 Å². The van der Waals surface area contributed by atoms with Crippen molar-refractivity contribution >= 4 is 16.3 Å². The fraction of sp³-hybridized carbons (Fsp3) is 0.424. The number of amides is 1. The summed E-state index contributed by atoms with van der Waals surface area (Å²) in [7, 11) is -4.12. The van der Waals surface area contributed by atoms with Gasteiger partial charge in [0.15, 0.2) is 0 Å². The highest BCUT2D eigenvalue weighted by molar-refractivity contribution is 7.88. The summed E-state index contributed by atoms with van der Waals surface area (Å²) < 4.78 is 41.1. The van der Waals surface area contributed by atoms with Gasteiger partial charge in [-0.2, -0.15) is 13.1 Å². The molecule has 1 fully saturated rings. The first-order valence-electron chi connectivity index (χ1n) is 14.6. The third-order valence-electron chi connectivity index (χ3n) is 7.57. The minimum atomic E-state index is -4.12. The van der Waals surface area contributed by atoms with Gasteiger partial charge in [0.1, 0.15) is 11.4 Å². The normalized spacial score (nSPS) is 19.2. The second kappa shape index (κ2) is 13.7. The Hall–Kier alpha value is -3.40. The number of nitrogens with one attached hydrogen (secondary N) is 3. The van der Waals surface area contributed by atoms with Gasteiger partial charge < -0.3 is 14.8 Å². The van der Waals surface area contributed by atoms with E-state index in [-0.39, 0.29) is 6.54 Å². The van der Waals surface area contributed by atoms with Crippen LogP contribution in [0.15, 0.2) is 78.9 Å². The average Bonchev–Trinajstić information content (AvgIpc) is 2.95. The highest BCUT2D eigenvalue weighted by atomic mass is 32.2. The van der Waals surface area contributed by atoms with Gasteiger partial charge in [0.2, 0.25) is 0 Å². The molecule has 0 radical (unpaired) electrons. The van der Waals surface area contributed by atoms with Crippen LogP contribution in [0.4, 0.5) is 4.79 Å². The third-order valence-corrected chi connectivity index (χ3v) is 8.53. The quantitative estimate of drug-likeness (QED) is 0.249. The van der Waals surface area contributed by atoms with E-state index in [1.54, 1.807) is 20.8 Å². The van der Waals surface area contributed by atoms with Crippen LogP contribution in [-0.2, 0) is 26.9 Å². The Morgan fingerprint density at radius 2 is 1.60 bits per heavy atom. The summed E-state index contributed by atoms with van der Waals surface area (Å²) in [5, 5.41) is 3.70. The fourth-order valence-corrected chi connectivity index (χ4v) is 6.21. The molecule has 0 heterocycles. The van der Waals surface area contributed by atoms with Gasteiger partial charge in [0, 0.05) is 24.5 Å². The van der Waals surface area contributed by atoms with Crippen molar-refractivity contribution in [1.29, 1.82) is 0 Å². The Labute approximate surface area is 250 Å². The summed E-state index contributed by atoms with van der Waals surface area (Å²) in [6, 6.07) is 27.1. The van der Waals surface area contributed by atoms with Crippen molar-refractivity contribution < 1.29 is 22.7 Å². The molecule has 3 aromatic carbocycles. The lowest BCUT2D eigenvalue weighted by Gasteiger charge is -2.41. The molecule has 42 heavy (non-hydrogen) atoms. The summed E-state index contributed by atoms with van der Waals surface area (Å²) in [5.41, 5.74) is 3.37. The van der Waals surface area contributed by atoms with Crippen molar-refractivity contribution in [1.82, 2.24) is 14.8 Å². The van der Waals surface area contributed by atoms with Crippen LogP contribution < -0.4 is 19.5 Å². The predicted octanol–water partition coefficient (Wildman–Crippen LogP) is 6.08. The molecule has 8 nitrogen and oxygen atoms in total. The number of carbonyl (C=O) groups is 1. The molecule has 0 saturated heterocycles. The van der Waals surface area contributed by atoms with Crippen molar-refractivity contribution in [2.45, 2.75) is 77.0 Å². The first-order valence-corrected chi connectivity index (χ1v) is 16.1. The van der Waals surface area contributed by atoms with Crippen LogP contribution in [-0.4, -0.2) is 39.3 Å². The van der Waals surface area contributed by atoms with Crippen molar-refractivity contribution in [3.8, 4) is 16.9 Å². The largest absolute Gasteiger partial charge is 0.494 e. The van der Waals surface area contributed by atoms with Crippen molar-refractivity contribution in [3.05, 3.63) is 90.0 Å². The Kier molecular flexibility index (Phi) is 10.3. The lowest BCUT2D eigenvalue weighted by Crippen LogP contribution is -2.50. The summed E-state index contributed by atoms with van der Waals surface area (Å²) in [5.74, 6) is 0.753. The maximum Gasteiger partial charge on any atom is 0.422 e. The van der Waals surface area contributed by atoms with Crippen LogP contribution in [0, 0.1) is 0 Å². The molecule has 1 aliphatic carbocycles. The third kappa shape index (κ3) is 9.05. The van der Waals surface area contributed by atoms with Gasteiger partial charge in [0.05, 0.1) is 6.61 Å². The van der Waals surface area contributed by atoms with E-state index in [0.29, 0.717) is 12.6 Å². The summed E-state index contributed by atoms with van der Waals surface area (Å²) in [6.07, 6.45) is 2.28. The number of ether oxygens (including phenoxy) is 2. The van der Waals surface area contributed by atoms with Crippen molar-refractivity contribution in [2.75, 3.05) is 13.2 Å². The SMILES string of the molecule is CCOc1cccc(C2(CNS(=O)(=O)NC(=O)OC(C)(C)C)CCC(NCc3ccc(-c4ccccc4)cc3)CC2)c1. The molecule has 1 amide bonds. The van der Waals surface area contributed by atoms with E-state index in [0.717, 1.165) is 43.5 Å². The van der Waals surface area contributed by atoms with E-state index < -0.39 is 27.3 Å². The average molecular weight is 594 g/mol. The van der Waals surface area contributed by atoms with Gasteiger partial charge >= 0.3 is 16.3 Å². The van der Waals surface area contributed by atoms with Crippen LogP contribution in [0.2, 0.25) is 0 Å². The van der Waals surface area contributed by atoms with Crippen LogP contribution in [0.1, 0.15) is 64.5 Å². The highest BCUT2D eigenvalue weighted by Gasteiger charge is 2.38. The molecule has 3 aromatic rings. The highest BCUT2D eigenvalue weighted by Crippen LogP contribution is 2.40. The molecule has 1 saturated carbocycles. The topological polar surface area (TPSA) is 106 Å². The van der Waals surface area contributed by atoms with E-state index in [1.807, 2.05) is 54.1 Å². The molecule has 1 aliphatic rings. The Balaban J connectivity index is 1.41. The summed E-state index contributed by atoms with van der Waals surface area (Å²) in [6.45, 7) is 8.43. The van der Waals surface area contributed by atoms with Crippen LogP contribution in [0.5, 0.6) is 5.75 Å². The number of rotatable bonds is 11. The van der Waals surface area contributed by atoms with Gasteiger partial charge in [-0.05, 0) is 87.8 Å². The van der Waals surface area contributed by atoms with Crippen LogP contribution >= 0.6 is 0 Å². The van der Waals surface area contributed by atoms with Gasteiger partial charge in [-0.3, -0.25) is 0 Å². The smallest absolute Gasteiger partial charge is 0.422 e. The zero-order valence-corrected chi connectivity index (χ0v) is 25.8. The van der Waals surface area contributed by atoms with Crippen LogP contribution in [0.3, 0.4) is 0 Å². The maximum absolute atomic E-state index is 12.8. The fourth-order valence-electron chi connectivity index (χ4n) is 5.41. The lowest BCUT2D eigenvalue weighted by atomic mass is 9.68. The number of carbonyl (C=O) groups excluding carboxylic acids is 1. The molecule has 4 rings (SSSR count). The van der Waals surface area contributed by atoms with Gasteiger partial charge in [-0.25, -0.2) is 9.52 Å². The minimum absolute atomic E-state index is 0.147. The number of benzene rings is 3. The summed E-state index contributed by atoms with van der Waals surface area (Å²) in [4.78, 5) is 12.1. The molecule has 0 spiro atoms. The molecule has 226 valence electrons. The second-order valence-corrected chi connectivity index (χ2v) is 13.4. The molecule has 0 aliphatic heterocycles. The second-order valence-electron chi connectivity index (χ2n) is 11.9. The molecule has 0 aromatic heterocycles. The minimum Gasteiger partial charge on any atom is -0.494 e. The molecule has 0 atom stereocenters. The number of hydrogen-bond donors (Lipinski definition) is 3. The van der Waals surface area contributed by atoms with E-state index >= 15 is 0 Å². The summed E-state index contributed by atoms with van der Waals surface area (Å²) >= 11 is 0. The zero-order chi connectivity index (χ0) is 30.2. The first-order chi connectivity index (χ1) is 20.0. The Morgan fingerprint density at radius 1 is 0.929 bits per heavy atom. The molecule has 3 N–H and O–H groups in total. The Bertz CT molecular complexity index is 1410. The molecule has 0 unspecified atom stereocenters. The molecular weight excluding hydrogens is 550 g/mol. The standard InChI is InChI=1S/C33H43N3O5S/c1-5-40-30-13-9-12-28(22-30)33(24-35-42(38,39)36-31(37)41-32(2,3)4)20-18-29(19-21-33)34-23-25-14-16-27(17-15-25)26-10-7-6-8-11-26/h6-17,22,29,34-35H,5,18-21,23-24H2,1-4H3,(H,36,37). The van der Waals surface area contributed by atoms with E-state index in [9.17, 15) is 13.2 Å². The van der Waals surface area contributed by atoms with Crippen LogP contribution in [0.25, 0.3) is 11.1 Å². The maximum atomic E-state index is 12.8. The zero-order valence-electron chi connectivity index (χ0n) is 25.0. The van der Waals surface area contributed by atoms with E-state index in [4.69, 9.17) is 9.47 Å². The first kappa shape index (κ1) is 31.5. The van der Waals surface area contributed by atoms with Crippen molar-refractivity contribution in [2.24, 2.45) is 0 Å². The van der Waals surface area contributed by atoms with Crippen molar-refractivity contribution in [3.63, 3.8) is 0 Å². The van der Waals surface area contributed by atoms with Gasteiger partial charge in [-0.1, -0.05) is 66.7 Å². The predicted molar refractivity (Wildman–Crippen MR) is 167 cm³/mol. The molecule has 0 bridgehead atoms. The number of hydrogen-bond acceptors (Lipinski definition) is 6. The molecule has 9 heteroatoms.